The maximum Gasteiger partial charge on any atom is 0.308 e. The highest BCUT2D eigenvalue weighted by Crippen LogP contribution is 2.13. The standard InChI is InChI=1S/C19H20N2O4/c1-13(22)25-16-10-8-15(9-11-16)19(24)21-17(18(20)23)12-7-14-5-3-2-4-6-14/h2-6,8-11,17H,7,12H2,1H3,(H2,20,23)(H,21,24)/t17-/m1/s1. The predicted octanol–water partition coefficient (Wildman–Crippen LogP) is 1.83. The maximum absolute atomic E-state index is 12.3. The van der Waals surface area contributed by atoms with Crippen LogP contribution in [0.25, 0.3) is 0 Å². The van der Waals surface area contributed by atoms with E-state index < -0.39 is 23.8 Å². The quantitative estimate of drug-likeness (QED) is 0.593. The van der Waals surface area contributed by atoms with E-state index in [-0.39, 0.29) is 0 Å². The molecule has 0 heterocycles. The van der Waals surface area contributed by atoms with Crippen LogP contribution in [-0.2, 0) is 16.0 Å². The van der Waals surface area contributed by atoms with Crippen molar-refractivity contribution >= 4 is 17.8 Å². The summed E-state index contributed by atoms with van der Waals surface area (Å²) in [4.78, 5) is 34.8. The number of ether oxygens (including phenoxy) is 1. The van der Waals surface area contributed by atoms with Crippen molar-refractivity contribution in [3.05, 3.63) is 65.7 Å². The number of hydrogen-bond acceptors (Lipinski definition) is 4. The van der Waals surface area contributed by atoms with E-state index in [0.29, 0.717) is 24.2 Å². The molecule has 0 saturated carbocycles. The van der Waals surface area contributed by atoms with Crippen molar-refractivity contribution in [3.63, 3.8) is 0 Å². The van der Waals surface area contributed by atoms with Gasteiger partial charge >= 0.3 is 5.97 Å². The van der Waals surface area contributed by atoms with E-state index in [1.165, 1.54) is 31.2 Å². The van der Waals surface area contributed by atoms with Crippen LogP contribution in [0.5, 0.6) is 5.75 Å². The second-order valence-electron chi connectivity index (χ2n) is 5.57. The zero-order chi connectivity index (χ0) is 18.2. The van der Waals surface area contributed by atoms with Crippen molar-refractivity contribution in [1.29, 1.82) is 0 Å². The number of nitrogens with two attached hydrogens (primary N) is 1. The van der Waals surface area contributed by atoms with Gasteiger partial charge in [-0.05, 0) is 42.7 Å². The van der Waals surface area contributed by atoms with Gasteiger partial charge in [0.15, 0.2) is 0 Å². The van der Waals surface area contributed by atoms with Gasteiger partial charge in [-0.25, -0.2) is 0 Å². The molecule has 0 bridgehead atoms. The number of benzene rings is 2. The fraction of sp³-hybridized carbons (Fsp3) is 0.211. The molecule has 2 rings (SSSR count). The van der Waals surface area contributed by atoms with Crippen molar-refractivity contribution in [2.45, 2.75) is 25.8 Å². The Kier molecular flexibility index (Phi) is 6.28. The molecule has 0 fully saturated rings. The summed E-state index contributed by atoms with van der Waals surface area (Å²) < 4.78 is 4.91. The van der Waals surface area contributed by atoms with Gasteiger partial charge in [0.2, 0.25) is 5.91 Å². The summed E-state index contributed by atoms with van der Waals surface area (Å²) in [6, 6.07) is 14.9. The monoisotopic (exact) mass is 340 g/mol. The van der Waals surface area contributed by atoms with Crippen LogP contribution in [-0.4, -0.2) is 23.8 Å². The summed E-state index contributed by atoms with van der Waals surface area (Å²) in [5.41, 5.74) is 6.81. The number of esters is 1. The molecule has 0 aliphatic heterocycles. The van der Waals surface area contributed by atoms with E-state index in [1.54, 1.807) is 0 Å². The topological polar surface area (TPSA) is 98.5 Å². The van der Waals surface area contributed by atoms with Crippen molar-refractivity contribution in [1.82, 2.24) is 5.32 Å². The molecule has 0 radical (unpaired) electrons. The molecule has 6 nitrogen and oxygen atoms in total. The van der Waals surface area contributed by atoms with Crippen LogP contribution >= 0.6 is 0 Å². The maximum atomic E-state index is 12.3. The number of nitrogens with one attached hydrogen (secondary N) is 1. The first-order valence-electron chi connectivity index (χ1n) is 7.88. The van der Waals surface area contributed by atoms with Gasteiger partial charge in [0.1, 0.15) is 11.8 Å². The molecule has 0 aromatic heterocycles. The summed E-state index contributed by atoms with van der Waals surface area (Å²) in [5, 5.41) is 2.64. The van der Waals surface area contributed by atoms with Gasteiger partial charge in [-0.2, -0.15) is 0 Å². The first kappa shape index (κ1) is 18.2. The lowest BCUT2D eigenvalue weighted by Crippen LogP contribution is -2.44. The lowest BCUT2D eigenvalue weighted by atomic mass is 10.0. The first-order valence-corrected chi connectivity index (χ1v) is 7.88. The molecule has 25 heavy (non-hydrogen) atoms. The van der Waals surface area contributed by atoms with E-state index in [0.717, 1.165) is 5.56 Å². The van der Waals surface area contributed by atoms with Gasteiger partial charge in [0.05, 0.1) is 0 Å². The summed E-state index contributed by atoms with van der Waals surface area (Å²) in [6.07, 6.45) is 1.04. The molecular weight excluding hydrogens is 320 g/mol. The largest absolute Gasteiger partial charge is 0.427 e. The molecule has 3 N–H and O–H groups in total. The molecule has 2 aromatic rings. The fourth-order valence-electron chi connectivity index (χ4n) is 2.32. The highest BCUT2D eigenvalue weighted by Gasteiger charge is 2.19. The van der Waals surface area contributed by atoms with Crippen LogP contribution in [0.3, 0.4) is 0 Å². The lowest BCUT2D eigenvalue weighted by Gasteiger charge is -2.15. The molecule has 6 heteroatoms. The minimum atomic E-state index is -0.763. The molecule has 1 atom stereocenters. The third kappa shape index (κ3) is 5.76. The molecular formula is C19H20N2O4. The Hall–Kier alpha value is -3.15. The Bertz CT molecular complexity index is 742. The minimum Gasteiger partial charge on any atom is -0.427 e. The Morgan fingerprint density at radius 3 is 2.24 bits per heavy atom. The Balaban J connectivity index is 1.97. The third-order valence-corrected chi connectivity index (χ3v) is 3.59. The number of primary amides is 1. The van der Waals surface area contributed by atoms with E-state index in [9.17, 15) is 14.4 Å². The second kappa shape index (κ2) is 8.63. The molecule has 2 aromatic carbocycles. The first-order chi connectivity index (χ1) is 12.0. The summed E-state index contributed by atoms with van der Waals surface area (Å²) in [5.74, 6) is -1.08. The van der Waals surface area contributed by atoms with Gasteiger partial charge in [0, 0.05) is 12.5 Å². The van der Waals surface area contributed by atoms with Crippen LogP contribution in [0.15, 0.2) is 54.6 Å². The molecule has 0 spiro atoms. The molecule has 2 amide bonds. The molecule has 0 unspecified atom stereocenters. The number of carbonyl (C=O) groups is 3. The average molecular weight is 340 g/mol. The minimum absolute atomic E-state index is 0.347. The summed E-state index contributed by atoms with van der Waals surface area (Å²) >= 11 is 0. The van der Waals surface area contributed by atoms with Gasteiger partial charge in [-0.3, -0.25) is 14.4 Å². The second-order valence-corrected chi connectivity index (χ2v) is 5.57. The highest BCUT2D eigenvalue weighted by molar-refractivity contribution is 5.97. The number of amides is 2. The molecule has 130 valence electrons. The van der Waals surface area contributed by atoms with E-state index in [1.807, 2.05) is 30.3 Å². The van der Waals surface area contributed by atoms with E-state index >= 15 is 0 Å². The van der Waals surface area contributed by atoms with Crippen molar-refractivity contribution in [2.24, 2.45) is 5.73 Å². The molecule has 0 saturated heterocycles. The fourth-order valence-corrected chi connectivity index (χ4v) is 2.32. The summed E-state index contributed by atoms with van der Waals surface area (Å²) in [6.45, 7) is 1.30. The van der Waals surface area contributed by atoms with Crippen LogP contribution in [0.2, 0.25) is 0 Å². The molecule has 0 aliphatic rings. The summed E-state index contributed by atoms with van der Waals surface area (Å²) in [7, 11) is 0. The van der Waals surface area contributed by atoms with Gasteiger partial charge in [0.25, 0.3) is 5.91 Å². The average Bonchev–Trinajstić information content (AvgIpc) is 2.59. The highest BCUT2D eigenvalue weighted by atomic mass is 16.5. The number of hydrogen-bond donors (Lipinski definition) is 2. The van der Waals surface area contributed by atoms with Crippen LogP contribution in [0.4, 0.5) is 0 Å². The van der Waals surface area contributed by atoms with Gasteiger partial charge in [-0.15, -0.1) is 0 Å². The van der Waals surface area contributed by atoms with Crippen molar-refractivity contribution in [3.8, 4) is 5.75 Å². The number of aryl methyl sites for hydroxylation is 1. The zero-order valence-corrected chi connectivity index (χ0v) is 13.9. The number of rotatable bonds is 7. The third-order valence-electron chi connectivity index (χ3n) is 3.59. The molecule has 0 aliphatic carbocycles. The smallest absolute Gasteiger partial charge is 0.308 e. The number of carbonyl (C=O) groups excluding carboxylic acids is 3. The zero-order valence-electron chi connectivity index (χ0n) is 13.9. The van der Waals surface area contributed by atoms with Crippen LogP contribution < -0.4 is 15.8 Å². The predicted molar refractivity (Wildman–Crippen MR) is 93.0 cm³/mol. The lowest BCUT2D eigenvalue weighted by molar-refractivity contribution is -0.131. The SMILES string of the molecule is CC(=O)Oc1ccc(C(=O)N[C@H](CCc2ccccc2)C(N)=O)cc1. The Labute approximate surface area is 146 Å². The van der Waals surface area contributed by atoms with Gasteiger partial charge in [-0.1, -0.05) is 30.3 Å². The Morgan fingerprint density at radius 1 is 1.04 bits per heavy atom. The van der Waals surface area contributed by atoms with Crippen molar-refractivity contribution in [2.75, 3.05) is 0 Å². The van der Waals surface area contributed by atoms with E-state index in [4.69, 9.17) is 10.5 Å². The van der Waals surface area contributed by atoms with E-state index in [2.05, 4.69) is 5.32 Å². The van der Waals surface area contributed by atoms with Gasteiger partial charge < -0.3 is 15.8 Å². The van der Waals surface area contributed by atoms with Crippen LogP contribution in [0.1, 0.15) is 29.3 Å². The van der Waals surface area contributed by atoms with Crippen LogP contribution in [0, 0.1) is 0 Å². The Morgan fingerprint density at radius 2 is 1.68 bits per heavy atom. The van der Waals surface area contributed by atoms with Crippen molar-refractivity contribution < 1.29 is 19.1 Å². The normalized spacial score (nSPS) is 11.4.